The van der Waals surface area contributed by atoms with Gasteiger partial charge >= 0.3 is 0 Å². The molecule has 2 aliphatic rings. The van der Waals surface area contributed by atoms with E-state index < -0.39 is 0 Å². The third-order valence-electron chi connectivity index (χ3n) is 6.20. The summed E-state index contributed by atoms with van der Waals surface area (Å²) in [6.07, 6.45) is 9.38. The Morgan fingerprint density at radius 1 is 0.800 bits per heavy atom. The number of allylic oxidation sites excluding steroid dienone is 1. The Labute approximate surface area is 203 Å². The third kappa shape index (κ3) is 4.56. The van der Waals surface area contributed by atoms with Crippen LogP contribution in [0.25, 0.3) is 17.1 Å². The molecule has 1 saturated heterocycles. The normalized spacial score (nSPS) is 15.8. The predicted octanol–water partition coefficient (Wildman–Crippen LogP) is 3.95. The lowest BCUT2D eigenvalue weighted by molar-refractivity contribution is 0.122. The van der Waals surface area contributed by atoms with Gasteiger partial charge in [-0.15, -0.1) is 5.10 Å². The van der Waals surface area contributed by atoms with Crippen LogP contribution < -0.4 is 9.80 Å². The highest BCUT2D eigenvalue weighted by atomic mass is 16.5. The molecule has 0 saturated carbocycles. The van der Waals surface area contributed by atoms with Gasteiger partial charge in [0.2, 0.25) is 0 Å². The van der Waals surface area contributed by atoms with Crippen molar-refractivity contribution in [2.24, 2.45) is 4.99 Å². The summed E-state index contributed by atoms with van der Waals surface area (Å²) >= 11 is 0. The van der Waals surface area contributed by atoms with Crippen LogP contribution in [0.15, 0.2) is 96.7 Å². The van der Waals surface area contributed by atoms with Crippen LogP contribution in [0.5, 0.6) is 0 Å². The smallest absolute Gasteiger partial charge is 0.181 e. The second-order valence-corrected chi connectivity index (χ2v) is 8.39. The van der Waals surface area contributed by atoms with Gasteiger partial charge in [-0.1, -0.05) is 12.1 Å². The number of benzene rings is 2. The molecule has 0 atom stereocenters. The van der Waals surface area contributed by atoms with E-state index in [1.165, 1.54) is 5.69 Å². The van der Waals surface area contributed by atoms with Crippen molar-refractivity contribution in [2.75, 3.05) is 42.8 Å². The number of rotatable bonds is 5. The molecule has 0 amide bonds. The summed E-state index contributed by atoms with van der Waals surface area (Å²) in [5.74, 6) is 0.676. The number of ether oxygens (including phenoxy) is 1. The van der Waals surface area contributed by atoms with E-state index in [9.17, 15) is 0 Å². The zero-order valence-corrected chi connectivity index (χ0v) is 19.2. The Kier molecular flexibility index (Phi) is 5.78. The highest BCUT2D eigenvalue weighted by molar-refractivity contribution is 6.10. The first-order valence-electron chi connectivity index (χ1n) is 11.7. The van der Waals surface area contributed by atoms with E-state index in [4.69, 9.17) is 9.73 Å². The summed E-state index contributed by atoms with van der Waals surface area (Å²) < 4.78 is 7.26. The second-order valence-electron chi connectivity index (χ2n) is 8.39. The van der Waals surface area contributed by atoms with Crippen molar-refractivity contribution in [3.8, 4) is 17.1 Å². The van der Waals surface area contributed by atoms with E-state index in [0.717, 1.165) is 54.5 Å². The van der Waals surface area contributed by atoms with Crippen LogP contribution in [0.3, 0.4) is 0 Å². The van der Waals surface area contributed by atoms with Crippen molar-refractivity contribution in [3.63, 3.8) is 0 Å². The lowest BCUT2D eigenvalue weighted by Gasteiger charge is -2.29. The average molecular weight is 464 g/mol. The molecular weight excluding hydrogens is 438 g/mol. The third-order valence-corrected chi connectivity index (χ3v) is 6.20. The van der Waals surface area contributed by atoms with Gasteiger partial charge in [0.25, 0.3) is 0 Å². The summed E-state index contributed by atoms with van der Waals surface area (Å²) in [4.78, 5) is 17.8. The summed E-state index contributed by atoms with van der Waals surface area (Å²) in [6, 6.07) is 20.6. The van der Waals surface area contributed by atoms with Crippen molar-refractivity contribution < 1.29 is 4.74 Å². The molecule has 4 aromatic rings. The number of aliphatic imine (C=N–C) groups is 1. The number of hydrogen-bond donors (Lipinski definition) is 0. The van der Waals surface area contributed by atoms with Gasteiger partial charge in [0.15, 0.2) is 5.82 Å². The number of pyridine rings is 1. The van der Waals surface area contributed by atoms with Crippen molar-refractivity contribution in [1.29, 1.82) is 0 Å². The molecule has 6 rings (SSSR count). The molecule has 8 nitrogen and oxygen atoms in total. The van der Waals surface area contributed by atoms with E-state index in [1.807, 2.05) is 24.3 Å². The maximum atomic E-state index is 5.48. The van der Waals surface area contributed by atoms with Gasteiger partial charge in [0.1, 0.15) is 13.0 Å². The number of hydrogen-bond acceptors (Lipinski definition) is 7. The monoisotopic (exact) mass is 463 g/mol. The average Bonchev–Trinajstić information content (AvgIpc) is 3.45. The van der Waals surface area contributed by atoms with Crippen LogP contribution >= 0.6 is 0 Å². The molecule has 0 aliphatic carbocycles. The Morgan fingerprint density at radius 2 is 1.60 bits per heavy atom. The summed E-state index contributed by atoms with van der Waals surface area (Å²) in [6.45, 7) is 3.98. The van der Waals surface area contributed by atoms with Crippen molar-refractivity contribution in [2.45, 2.75) is 0 Å². The largest absolute Gasteiger partial charge is 0.378 e. The molecular formula is C27H25N7O. The van der Waals surface area contributed by atoms with Crippen LogP contribution in [0, 0.1) is 0 Å². The molecule has 8 heteroatoms. The highest BCUT2D eigenvalue weighted by Gasteiger charge is 2.14. The lowest BCUT2D eigenvalue weighted by Crippen LogP contribution is -2.36. The van der Waals surface area contributed by atoms with Gasteiger partial charge in [-0.25, -0.2) is 9.67 Å². The van der Waals surface area contributed by atoms with E-state index in [-0.39, 0.29) is 0 Å². The van der Waals surface area contributed by atoms with Gasteiger partial charge in [-0.3, -0.25) is 9.98 Å². The predicted molar refractivity (Wildman–Crippen MR) is 137 cm³/mol. The maximum Gasteiger partial charge on any atom is 0.181 e. The second kappa shape index (κ2) is 9.52. The quantitative estimate of drug-likeness (QED) is 0.446. The minimum Gasteiger partial charge on any atom is -0.378 e. The van der Waals surface area contributed by atoms with Crippen LogP contribution in [0.2, 0.25) is 0 Å². The van der Waals surface area contributed by atoms with Crippen LogP contribution in [0.4, 0.5) is 11.4 Å². The van der Waals surface area contributed by atoms with E-state index in [0.29, 0.717) is 12.5 Å². The zero-order chi connectivity index (χ0) is 23.5. The molecule has 0 N–H and O–H groups in total. The van der Waals surface area contributed by atoms with Crippen molar-refractivity contribution >= 4 is 17.1 Å². The van der Waals surface area contributed by atoms with E-state index in [2.05, 4.69) is 73.5 Å². The fraction of sp³-hybridized carbons (Fsp3) is 0.185. The van der Waals surface area contributed by atoms with Crippen LogP contribution in [0.1, 0.15) is 5.56 Å². The highest BCUT2D eigenvalue weighted by Crippen LogP contribution is 2.23. The molecule has 0 spiro atoms. The first-order chi connectivity index (χ1) is 17.3. The Morgan fingerprint density at radius 3 is 2.37 bits per heavy atom. The van der Waals surface area contributed by atoms with E-state index in [1.54, 1.807) is 23.4 Å². The number of morpholine rings is 1. The van der Waals surface area contributed by atoms with Crippen LogP contribution in [-0.4, -0.2) is 58.4 Å². The maximum absolute atomic E-state index is 5.48. The Balaban J connectivity index is 1.14. The molecule has 0 unspecified atom stereocenters. The fourth-order valence-corrected chi connectivity index (χ4v) is 4.27. The topological polar surface area (TPSA) is 71.7 Å². The Hall–Kier alpha value is -4.30. The Bertz CT molecular complexity index is 1360. The van der Waals surface area contributed by atoms with Gasteiger partial charge in [-0.05, 0) is 54.6 Å². The first-order valence-corrected chi connectivity index (χ1v) is 11.7. The molecule has 4 heterocycles. The fourth-order valence-electron chi connectivity index (χ4n) is 4.27. The van der Waals surface area contributed by atoms with Gasteiger partial charge < -0.3 is 14.5 Å². The summed E-state index contributed by atoms with van der Waals surface area (Å²) in [5, 5.41) is 4.60. The van der Waals surface area contributed by atoms with Crippen molar-refractivity contribution in [3.05, 3.63) is 97.2 Å². The molecule has 2 aromatic carbocycles. The number of aromatic nitrogens is 4. The van der Waals surface area contributed by atoms with Crippen molar-refractivity contribution in [1.82, 2.24) is 19.7 Å². The standard InChI is InChI=1S/C27H25N7O/c1-2-22(18-25(3-1)32-14-16-35-17-15-32)26-10-13-33(19-29-26)23-4-6-24(7-5-23)34-20-30-27(31-34)21-8-11-28-12-9-21/h1-13,18,20H,14-17,19H2. The first kappa shape index (κ1) is 21.2. The molecule has 0 bridgehead atoms. The summed E-state index contributed by atoms with van der Waals surface area (Å²) in [7, 11) is 0. The number of nitrogens with zero attached hydrogens (tertiary/aromatic N) is 7. The summed E-state index contributed by atoms with van der Waals surface area (Å²) in [5.41, 5.74) is 6.32. The molecule has 2 aromatic heterocycles. The lowest BCUT2D eigenvalue weighted by atomic mass is 10.1. The molecule has 174 valence electrons. The molecule has 1 fully saturated rings. The minimum absolute atomic E-state index is 0.572. The molecule has 35 heavy (non-hydrogen) atoms. The minimum atomic E-state index is 0.572. The number of anilines is 2. The molecule has 2 aliphatic heterocycles. The van der Waals surface area contributed by atoms with Gasteiger partial charge in [0.05, 0.1) is 24.6 Å². The SMILES string of the molecule is C1=CN(c2ccc(-n3cnc(-c4ccncc4)n3)cc2)CN=C1c1cccc(N2CCOCC2)c1. The molecule has 0 radical (unpaired) electrons. The van der Waals surface area contributed by atoms with E-state index >= 15 is 0 Å². The zero-order valence-electron chi connectivity index (χ0n) is 19.2. The van der Waals surface area contributed by atoms with Crippen LogP contribution in [-0.2, 0) is 4.74 Å². The van der Waals surface area contributed by atoms with Gasteiger partial charge in [0, 0.05) is 54.2 Å². The van der Waals surface area contributed by atoms with Gasteiger partial charge in [-0.2, -0.15) is 0 Å².